The molecule has 0 bridgehead atoms. The molecule has 0 aliphatic carbocycles. The highest BCUT2D eigenvalue weighted by atomic mass is 16.2. The highest BCUT2D eigenvalue weighted by Gasteiger charge is 2.40. The van der Waals surface area contributed by atoms with Crippen molar-refractivity contribution in [1.82, 2.24) is 9.55 Å². The number of fused-ring (bicyclic) bond motifs is 1. The largest absolute Gasteiger partial charge is 0.399 e. The molecule has 0 saturated carbocycles. The molecule has 2 aromatic carbocycles. The van der Waals surface area contributed by atoms with Gasteiger partial charge in [-0.1, -0.05) is 25.1 Å². The number of imidazole rings is 1. The molecule has 2 amide bonds. The van der Waals surface area contributed by atoms with E-state index < -0.39 is 0 Å². The van der Waals surface area contributed by atoms with E-state index in [1.807, 2.05) is 33.9 Å². The van der Waals surface area contributed by atoms with Crippen LogP contribution < -0.4 is 15.5 Å². The van der Waals surface area contributed by atoms with E-state index in [-0.39, 0.29) is 30.1 Å². The van der Waals surface area contributed by atoms with Gasteiger partial charge in [-0.05, 0) is 35.4 Å². The molecular weight excluding hydrogens is 390 g/mol. The molecule has 3 heterocycles. The molecule has 7 heteroatoms. The molecule has 2 aliphatic rings. The lowest BCUT2D eigenvalue weighted by molar-refractivity contribution is -0.124. The van der Waals surface area contributed by atoms with Crippen LogP contribution in [0.4, 0.5) is 17.1 Å². The molecule has 1 saturated heterocycles. The zero-order valence-electron chi connectivity index (χ0n) is 17.4. The van der Waals surface area contributed by atoms with Crippen LogP contribution in [-0.2, 0) is 16.1 Å². The fourth-order valence-corrected chi connectivity index (χ4v) is 4.65. The van der Waals surface area contributed by atoms with Gasteiger partial charge in [-0.15, -0.1) is 0 Å². The van der Waals surface area contributed by atoms with E-state index >= 15 is 0 Å². The highest BCUT2D eigenvalue weighted by Crippen LogP contribution is 2.39. The Kier molecular flexibility index (Phi) is 4.73. The average Bonchev–Trinajstić information content (AvgIpc) is 3.48. The topological polar surface area (TPSA) is 84.5 Å². The van der Waals surface area contributed by atoms with Gasteiger partial charge in [-0.3, -0.25) is 9.59 Å². The van der Waals surface area contributed by atoms with Crippen molar-refractivity contribution in [2.24, 2.45) is 5.92 Å². The van der Waals surface area contributed by atoms with Gasteiger partial charge >= 0.3 is 0 Å². The van der Waals surface area contributed by atoms with Crippen LogP contribution in [0.15, 0.2) is 61.2 Å². The van der Waals surface area contributed by atoms with Crippen LogP contribution in [0.25, 0.3) is 0 Å². The van der Waals surface area contributed by atoms with Crippen molar-refractivity contribution in [2.45, 2.75) is 25.8 Å². The number of hydrogen-bond acceptors (Lipinski definition) is 4. The number of carbonyl (C=O) groups excluding carboxylic acids is 2. The van der Waals surface area contributed by atoms with E-state index in [0.29, 0.717) is 18.8 Å². The third-order valence-electron chi connectivity index (χ3n) is 6.22. The molecule has 2 N–H and O–H groups in total. The minimum Gasteiger partial charge on any atom is -0.399 e. The summed E-state index contributed by atoms with van der Waals surface area (Å²) in [6.07, 6.45) is 5.74. The van der Waals surface area contributed by atoms with Gasteiger partial charge in [0.2, 0.25) is 11.8 Å². The summed E-state index contributed by atoms with van der Waals surface area (Å²) in [6, 6.07) is 13.5. The summed E-state index contributed by atoms with van der Waals surface area (Å²) in [7, 11) is 0. The van der Waals surface area contributed by atoms with E-state index in [2.05, 4.69) is 24.0 Å². The first-order chi connectivity index (χ1) is 15.0. The van der Waals surface area contributed by atoms with Gasteiger partial charge in [-0.2, -0.15) is 0 Å². The summed E-state index contributed by atoms with van der Waals surface area (Å²) in [5.41, 5.74) is 10.6. The molecular formula is C24H25N5O2. The van der Waals surface area contributed by atoms with E-state index in [1.54, 1.807) is 29.6 Å². The van der Waals surface area contributed by atoms with Crippen molar-refractivity contribution >= 4 is 28.9 Å². The van der Waals surface area contributed by atoms with Crippen LogP contribution >= 0.6 is 0 Å². The number of nitrogens with zero attached hydrogens (tertiary/aromatic N) is 4. The van der Waals surface area contributed by atoms with E-state index in [1.165, 1.54) is 11.1 Å². The lowest BCUT2D eigenvalue weighted by Gasteiger charge is -2.22. The smallest absolute Gasteiger partial charge is 0.232 e. The summed E-state index contributed by atoms with van der Waals surface area (Å²) in [5, 5.41) is 0. The Morgan fingerprint density at radius 3 is 2.84 bits per heavy atom. The fourth-order valence-electron chi connectivity index (χ4n) is 4.65. The number of anilines is 3. The molecule has 31 heavy (non-hydrogen) atoms. The van der Waals surface area contributed by atoms with Gasteiger partial charge in [0.25, 0.3) is 0 Å². The van der Waals surface area contributed by atoms with Crippen LogP contribution in [0, 0.1) is 5.92 Å². The number of amides is 2. The lowest BCUT2D eigenvalue weighted by Crippen LogP contribution is -2.36. The summed E-state index contributed by atoms with van der Waals surface area (Å²) < 4.78 is 2.03. The molecule has 7 nitrogen and oxygen atoms in total. The molecule has 0 spiro atoms. The minimum absolute atomic E-state index is 0.0210. The summed E-state index contributed by atoms with van der Waals surface area (Å²) in [4.78, 5) is 33.7. The van der Waals surface area contributed by atoms with E-state index in [9.17, 15) is 9.59 Å². The van der Waals surface area contributed by atoms with Gasteiger partial charge in [0, 0.05) is 61.4 Å². The Labute approximate surface area is 181 Å². The lowest BCUT2D eigenvalue weighted by atomic mass is 10.0. The molecule has 1 unspecified atom stereocenters. The van der Waals surface area contributed by atoms with Crippen LogP contribution in [0.1, 0.15) is 30.4 Å². The standard InChI is InChI=1S/C24H25N5O2/c1-16-12-29(22-6-5-17(9-21(16)22)13-27-8-7-26-15-27)24(31)18-10-23(30)28(14-18)20-4-2-3-19(25)11-20/h2-9,11,15-16,18H,10,12-14,25H2,1H3/t16?,18-/m0/s1. The predicted molar refractivity (Wildman–Crippen MR) is 120 cm³/mol. The van der Waals surface area contributed by atoms with Gasteiger partial charge in [0.1, 0.15) is 0 Å². The third kappa shape index (κ3) is 3.56. The van der Waals surface area contributed by atoms with Crippen molar-refractivity contribution in [3.05, 3.63) is 72.3 Å². The molecule has 1 aromatic heterocycles. The summed E-state index contributed by atoms with van der Waals surface area (Å²) in [5.74, 6) is -0.110. The van der Waals surface area contributed by atoms with E-state index in [4.69, 9.17) is 5.73 Å². The van der Waals surface area contributed by atoms with Crippen LogP contribution in [0.5, 0.6) is 0 Å². The van der Waals surface area contributed by atoms with Crippen molar-refractivity contribution in [3.8, 4) is 0 Å². The third-order valence-corrected chi connectivity index (χ3v) is 6.22. The first kappa shape index (κ1) is 19.4. The van der Waals surface area contributed by atoms with Crippen molar-refractivity contribution in [1.29, 1.82) is 0 Å². The second-order valence-corrected chi connectivity index (χ2v) is 8.48. The molecule has 0 radical (unpaired) electrons. The highest BCUT2D eigenvalue weighted by molar-refractivity contribution is 6.05. The zero-order valence-corrected chi connectivity index (χ0v) is 17.4. The van der Waals surface area contributed by atoms with Crippen molar-refractivity contribution in [2.75, 3.05) is 28.6 Å². The number of nitrogens with two attached hydrogens (primary N) is 1. The van der Waals surface area contributed by atoms with Gasteiger partial charge in [0.15, 0.2) is 0 Å². The Bertz CT molecular complexity index is 1140. The Balaban J connectivity index is 1.35. The number of hydrogen-bond donors (Lipinski definition) is 1. The monoisotopic (exact) mass is 415 g/mol. The number of nitrogen functional groups attached to an aromatic ring is 1. The van der Waals surface area contributed by atoms with Gasteiger partial charge < -0.3 is 20.1 Å². The maximum absolute atomic E-state index is 13.4. The minimum atomic E-state index is -0.349. The Morgan fingerprint density at radius 2 is 2.06 bits per heavy atom. The zero-order chi connectivity index (χ0) is 21.5. The summed E-state index contributed by atoms with van der Waals surface area (Å²) in [6.45, 7) is 3.93. The average molecular weight is 415 g/mol. The quantitative estimate of drug-likeness (QED) is 0.664. The van der Waals surface area contributed by atoms with Crippen LogP contribution in [-0.4, -0.2) is 34.5 Å². The predicted octanol–water partition coefficient (Wildman–Crippen LogP) is 3.02. The number of benzene rings is 2. The van der Waals surface area contributed by atoms with Gasteiger partial charge in [-0.25, -0.2) is 4.98 Å². The summed E-state index contributed by atoms with van der Waals surface area (Å²) >= 11 is 0. The number of aromatic nitrogens is 2. The molecule has 158 valence electrons. The Hall–Kier alpha value is -3.61. The Morgan fingerprint density at radius 1 is 1.19 bits per heavy atom. The second-order valence-electron chi connectivity index (χ2n) is 8.48. The SMILES string of the molecule is CC1CN(C(=O)[C@H]2CC(=O)N(c3cccc(N)c3)C2)c2ccc(Cn3ccnc3)cc21. The first-order valence-corrected chi connectivity index (χ1v) is 10.6. The molecule has 2 atom stereocenters. The molecule has 5 rings (SSSR count). The van der Waals surface area contributed by atoms with Crippen LogP contribution in [0.3, 0.4) is 0 Å². The fraction of sp³-hybridized carbons (Fsp3) is 0.292. The first-order valence-electron chi connectivity index (χ1n) is 10.6. The van der Waals surface area contributed by atoms with Crippen molar-refractivity contribution < 1.29 is 9.59 Å². The second kappa shape index (κ2) is 7.58. The van der Waals surface area contributed by atoms with Crippen molar-refractivity contribution in [3.63, 3.8) is 0 Å². The van der Waals surface area contributed by atoms with Gasteiger partial charge in [0.05, 0.1) is 12.2 Å². The maximum Gasteiger partial charge on any atom is 0.232 e. The number of carbonyl (C=O) groups is 2. The van der Waals surface area contributed by atoms with Crippen LogP contribution in [0.2, 0.25) is 0 Å². The normalized spacial score (nSPS) is 20.4. The maximum atomic E-state index is 13.4. The molecule has 1 fully saturated rings. The number of rotatable bonds is 4. The molecule has 2 aliphatic heterocycles. The molecule has 3 aromatic rings. The van der Waals surface area contributed by atoms with E-state index in [0.717, 1.165) is 17.9 Å².